The molecule has 2 atom stereocenters. The molecule has 88 valence electrons. The molecule has 2 N–H and O–H groups in total. The van der Waals surface area contributed by atoms with Gasteiger partial charge in [0.1, 0.15) is 0 Å². The van der Waals surface area contributed by atoms with Crippen molar-refractivity contribution >= 4 is 5.69 Å². The summed E-state index contributed by atoms with van der Waals surface area (Å²) in [6, 6.07) is 6.47. The predicted octanol–water partition coefficient (Wildman–Crippen LogP) is 3.03. The van der Waals surface area contributed by atoms with Gasteiger partial charge < -0.3 is 5.73 Å². The van der Waals surface area contributed by atoms with Crippen LogP contribution in [-0.4, -0.2) is 4.92 Å². The summed E-state index contributed by atoms with van der Waals surface area (Å²) in [4.78, 5) is 10.2. The van der Waals surface area contributed by atoms with Crippen molar-refractivity contribution in [2.75, 3.05) is 0 Å². The van der Waals surface area contributed by atoms with Crippen LogP contribution in [0.3, 0.4) is 0 Å². The van der Waals surface area contributed by atoms with Crippen LogP contribution in [0, 0.1) is 16.0 Å². The molecule has 4 heteroatoms. The predicted molar refractivity (Wildman–Crippen MR) is 64.1 cm³/mol. The molecule has 0 aliphatic heterocycles. The summed E-state index contributed by atoms with van der Waals surface area (Å²) in [5.41, 5.74) is 7.02. The second-order valence-corrected chi connectivity index (χ2v) is 4.14. The minimum atomic E-state index is -0.388. The number of nitro groups is 1. The lowest BCUT2D eigenvalue weighted by atomic mass is 9.92. The summed E-state index contributed by atoms with van der Waals surface area (Å²) >= 11 is 0. The fourth-order valence-electron chi connectivity index (χ4n) is 1.81. The first-order chi connectivity index (χ1) is 7.56. The largest absolute Gasteiger partial charge is 0.324 e. The quantitative estimate of drug-likeness (QED) is 0.615. The van der Waals surface area contributed by atoms with Crippen molar-refractivity contribution in [1.29, 1.82) is 0 Å². The van der Waals surface area contributed by atoms with E-state index in [1.807, 2.05) is 6.07 Å². The van der Waals surface area contributed by atoms with Crippen LogP contribution in [0.25, 0.3) is 0 Å². The zero-order valence-electron chi connectivity index (χ0n) is 9.72. The zero-order valence-corrected chi connectivity index (χ0v) is 9.72. The number of hydrogen-bond donors (Lipinski definition) is 1. The lowest BCUT2D eigenvalue weighted by molar-refractivity contribution is -0.384. The van der Waals surface area contributed by atoms with E-state index in [-0.39, 0.29) is 16.7 Å². The van der Waals surface area contributed by atoms with Crippen LogP contribution in [0.1, 0.15) is 38.3 Å². The van der Waals surface area contributed by atoms with E-state index < -0.39 is 0 Å². The topological polar surface area (TPSA) is 69.2 Å². The molecule has 1 rings (SSSR count). The Morgan fingerprint density at radius 3 is 2.75 bits per heavy atom. The first-order valence-corrected chi connectivity index (χ1v) is 5.56. The molecule has 0 spiro atoms. The SMILES string of the molecule is CCCC(C)C(N)c1cccc([N+](=O)[O-])c1. The molecule has 0 saturated carbocycles. The Labute approximate surface area is 95.6 Å². The van der Waals surface area contributed by atoms with E-state index in [9.17, 15) is 10.1 Å². The molecule has 0 aromatic heterocycles. The van der Waals surface area contributed by atoms with Crippen LogP contribution < -0.4 is 5.73 Å². The van der Waals surface area contributed by atoms with E-state index in [2.05, 4.69) is 13.8 Å². The van der Waals surface area contributed by atoms with Crippen molar-refractivity contribution in [2.24, 2.45) is 11.7 Å². The summed E-state index contributed by atoms with van der Waals surface area (Å²) in [6.45, 7) is 4.18. The lowest BCUT2D eigenvalue weighted by Gasteiger charge is -2.19. The molecule has 16 heavy (non-hydrogen) atoms. The molecule has 0 aliphatic rings. The second kappa shape index (κ2) is 5.61. The van der Waals surface area contributed by atoms with Gasteiger partial charge in [-0.15, -0.1) is 0 Å². The Hall–Kier alpha value is -1.42. The summed E-state index contributed by atoms with van der Waals surface area (Å²) in [5.74, 6) is 0.340. The van der Waals surface area contributed by atoms with Gasteiger partial charge in [0.25, 0.3) is 5.69 Å². The minimum Gasteiger partial charge on any atom is -0.324 e. The van der Waals surface area contributed by atoms with Gasteiger partial charge in [-0.3, -0.25) is 10.1 Å². The molecular formula is C12H18N2O2. The van der Waals surface area contributed by atoms with Crippen LogP contribution in [0.5, 0.6) is 0 Å². The van der Waals surface area contributed by atoms with Gasteiger partial charge in [0.05, 0.1) is 4.92 Å². The maximum atomic E-state index is 10.6. The van der Waals surface area contributed by atoms with Crippen molar-refractivity contribution in [1.82, 2.24) is 0 Å². The summed E-state index contributed by atoms with van der Waals surface area (Å²) in [5, 5.41) is 10.6. The first kappa shape index (κ1) is 12.6. The highest BCUT2D eigenvalue weighted by Crippen LogP contribution is 2.25. The fourth-order valence-corrected chi connectivity index (χ4v) is 1.81. The second-order valence-electron chi connectivity index (χ2n) is 4.14. The van der Waals surface area contributed by atoms with E-state index >= 15 is 0 Å². The normalized spacial score (nSPS) is 14.4. The van der Waals surface area contributed by atoms with Crippen LogP contribution in [-0.2, 0) is 0 Å². The van der Waals surface area contributed by atoms with Gasteiger partial charge in [0.2, 0.25) is 0 Å². The van der Waals surface area contributed by atoms with Gasteiger partial charge in [-0.25, -0.2) is 0 Å². The molecule has 1 aromatic carbocycles. The minimum absolute atomic E-state index is 0.108. The molecule has 4 nitrogen and oxygen atoms in total. The molecule has 2 unspecified atom stereocenters. The number of non-ortho nitro benzene ring substituents is 1. The maximum absolute atomic E-state index is 10.6. The summed E-state index contributed by atoms with van der Waals surface area (Å²) < 4.78 is 0. The van der Waals surface area contributed by atoms with E-state index in [4.69, 9.17) is 5.73 Å². The molecule has 0 heterocycles. The van der Waals surface area contributed by atoms with Gasteiger partial charge >= 0.3 is 0 Å². The summed E-state index contributed by atoms with van der Waals surface area (Å²) in [6.07, 6.45) is 2.10. The Bertz CT molecular complexity index is 366. The molecule has 0 amide bonds. The third kappa shape index (κ3) is 3.03. The number of benzene rings is 1. The monoisotopic (exact) mass is 222 g/mol. The van der Waals surface area contributed by atoms with Gasteiger partial charge in [-0.05, 0) is 17.9 Å². The number of rotatable bonds is 5. The smallest absolute Gasteiger partial charge is 0.269 e. The molecule has 0 saturated heterocycles. The molecule has 0 bridgehead atoms. The third-order valence-electron chi connectivity index (χ3n) is 2.82. The molecule has 0 radical (unpaired) electrons. The third-order valence-corrected chi connectivity index (χ3v) is 2.82. The Balaban J connectivity index is 2.86. The Kier molecular flexibility index (Phi) is 4.43. The van der Waals surface area contributed by atoms with Crippen molar-refractivity contribution in [3.8, 4) is 0 Å². The highest BCUT2D eigenvalue weighted by molar-refractivity contribution is 5.35. The zero-order chi connectivity index (χ0) is 12.1. The Morgan fingerprint density at radius 2 is 2.19 bits per heavy atom. The van der Waals surface area contributed by atoms with Crippen LogP contribution in [0.15, 0.2) is 24.3 Å². The van der Waals surface area contributed by atoms with Crippen LogP contribution in [0.4, 0.5) is 5.69 Å². The fraction of sp³-hybridized carbons (Fsp3) is 0.500. The van der Waals surface area contributed by atoms with E-state index in [1.54, 1.807) is 12.1 Å². The van der Waals surface area contributed by atoms with Gasteiger partial charge in [-0.2, -0.15) is 0 Å². The van der Waals surface area contributed by atoms with E-state index in [0.717, 1.165) is 18.4 Å². The molecule has 0 aliphatic carbocycles. The lowest BCUT2D eigenvalue weighted by Crippen LogP contribution is -2.19. The average molecular weight is 222 g/mol. The Morgan fingerprint density at radius 1 is 1.50 bits per heavy atom. The highest BCUT2D eigenvalue weighted by Gasteiger charge is 2.16. The van der Waals surface area contributed by atoms with Gasteiger partial charge in [-0.1, -0.05) is 32.4 Å². The molecular weight excluding hydrogens is 204 g/mol. The van der Waals surface area contributed by atoms with Crippen molar-refractivity contribution in [3.63, 3.8) is 0 Å². The van der Waals surface area contributed by atoms with Gasteiger partial charge in [0.15, 0.2) is 0 Å². The maximum Gasteiger partial charge on any atom is 0.269 e. The summed E-state index contributed by atoms with van der Waals surface area (Å²) in [7, 11) is 0. The number of nitrogens with two attached hydrogens (primary N) is 1. The van der Waals surface area contributed by atoms with Crippen molar-refractivity contribution < 1.29 is 4.92 Å². The van der Waals surface area contributed by atoms with E-state index in [0.29, 0.717) is 5.92 Å². The first-order valence-electron chi connectivity index (χ1n) is 5.56. The standard InChI is InChI=1S/C12H18N2O2/c1-3-5-9(2)12(13)10-6-4-7-11(8-10)14(15)16/h4,6-9,12H,3,5,13H2,1-2H3. The van der Waals surface area contributed by atoms with Crippen molar-refractivity contribution in [3.05, 3.63) is 39.9 Å². The molecule has 1 aromatic rings. The highest BCUT2D eigenvalue weighted by atomic mass is 16.6. The van der Waals surface area contributed by atoms with Crippen LogP contribution in [0.2, 0.25) is 0 Å². The average Bonchev–Trinajstić information content (AvgIpc) is 2.28. The number of nitro benzene ring substituents is 1. The van der Waals surface area contributed by atoms with Gasteiger partial charge in [0, 0.05) is 18.2 Å². The van der Waals surface area contributed by atoms with Crippen LogP contribution >= 0.6 is 0 Å². The number of hydrogen-bond acceptors (Lipinski definition) is 3. The molecule has 0 fully saturated rings. The van der Waals surface area contributed by atoms with Crippen molar-refractivity contribution in [2.45, 2.75) is 32.7 Å². The van der Waals surface area contributed by atoms with E-state index in [1.165, 1.54) is 6.07 Å². The number of nitrogens with zero attached hydrogens (tertiary/aromatic N) is 1.